The first kappa shape index (κ1) is 19.5. The minimum Gasteiger partial charge on any atom is -0.463 e. The van der Waals surface area contributed by atoms with Crippen molar-refractivity contribution in [3.05, 3.63) is 77.6 Å². The van der Waals surface area contributed by atoms with Gasteiger partial charge < -0.3 is 14.4 Å². The molecule has 6 heterocycles. The van der Waals surface area contributed by atoms with Gasteiger partial charge in [0.15, 0.2) is 5.76 Å². The molecule has 33 heavy (non-hydrogen) atoms. The number of aromatic amines is 2. The predicted molar refractivity (Wildman–Crippen MR) is 126 cm³/mol. The van der Waals surface area contributed by atoms with E-state index in [2.05, 4.69) is 19.9 Å². The second-order valence-electron chi connectivity index (χ2n) is 7.68. The molecule has 9 heteroatoms. The van der Waals surface area contributed by atoms with Crippen LogP contribution in [-0.4, -0.2) is 32.9 Å². The highest BCUT2D eigenvalue weighted by molar-refractivity contribution is 7.86. The van der Waals surface area contributed by atoms with Gasteiger partial charge in [-0.3, -0.25) is 4.55 Å². The molecule has 3 N–H and O–H groups in total. The monoisotopic (exact) mass is 456 g/mol. The maximum atomic E-state index is 11.9. The van der Waals surface area contributed by atoms with Crippen molar-refractivity contribution in [1.82, 2.24) is 19.9 Å². The van der Waals surface area contributed by atoms with E-state index in [0.717, 1.165) is 28.1 Å². The fourth-order valence-corrected chi connectivity index (χ4v) is 4.52. The Morgan fingerprint density at radius 2 is 1.30 bits per heavy atom. The van der Waals surface area contributed by atoms with Crippen LogP contribution in [0.25, 0.3) is 57.7 Å². The Hall–Kier alpha value is -4.21. The fraction of sp³-hybridized carbons (Fsp3) is 0. The van der Waals surface area contributed by atoms with E-state index in [9.17, 15) is 13.0 Å². The zero-order chi connectivity index (χ0) is 22.6. The van der Waals surface area contributed by atoms with Gasteiger partial charge in [-0.2, -0.15) is 8.42 Å². The van der Waals surface area contributed by atoms with Gasteiger partial charge in [-0.15, -0.1) is 0 Å². The number of nitrogens with zero attached hydrogens (tertiary/aromatic N) is 2. The highest BCUT2D eigenvalue weighted by atomic mass is 32.2. The number of rotatable bonds is 2. The van der Waals surface area contributed by atoms with Gasteiger partial charge in [0.05, 0.1) is 34.6 Å². The average Bonchev–Trinajstić information content (AvgIpc) is 3.55. The maximum Gasteiger partial charge on any atom is 0.298 e. The summed E-state index contributed by atoms with van der Waals surface area (Å²) < 4.78 is 38.8. The number of hydrogen-bond acceptors (Lipinski definition) is 5. The van der Waals surface area contributed by atoms with Gasteiger partial charge >= 0.3 is 0 Å². The third kappa shape index (κ3) is 3.69. The molecule has 8 nitrogen and oxygen atoms in total. The summed E-state index contributed by atoms with van der Waals surface area (Å²) in [6.45, 7) is 0. The number of furan rings is 1. The SMILES string of the molecule is O=S(=O)(O)c1ccoc1-c1cc2cc3nc(cc4ccc(cc5nc(cc1[nH]2)C=C5)[nH]4)C=C3. The number of H-pyrrole nitrogens is 2. The van der Waals surface area contributed by atoms with Gasteiger partial charge in [0.2, 0.25) is 0 Å². The van der Waals surface area contributed by atoms with Crippen molar-refractivity contribution in [1.29, 1.82) is 0 Å². The Morgan fingerprint density at radius 3 is 1.91 bits per heavy atom. The molecule has 0 unspecified atom stereocenters. The molecule has 0 amide bonds. The third-order valence-corrected chi connectivity index (χ3v) is 6.20. The molecule has 2 aliphatic heterocycles. The van der Waals surface area contributed by atoms with Crippen LogP contribution in [0.15, 0.2) is 64.1 Å². The first-order valence-corrected chi connectivity index (χ1v) is 11.5. The molecule has 0 aromatic carbocycles. The molecule has 0 saturated heterocycles. The molecule has 2 aliphatic rings. The van der Waals surface area contributed by atoms with E-state index in [1.165, 1.54) is 12.3 Å². The van der Waals surface area contributed by atoms with E-state index >= 15 is 0 Å². The molecule has 0 saturated carbocycles. The smallest absolute Gasteiger partial charge is 0.298 e. The Labute approximate surface area is 187 Å². The van der Waals surface area contributed by atoms with Crippen LogP contribution in [0, 0.1) is 0 Å². The van der Waals surface area contributed by atoms with E-state index in [1.807, 2.05) is 54.6 Å². The lowest BCUT2D eigenvalue weighted by atomic mass is 10.2. The van der Waals surface area contributed by atoms with Crippen LogP contribution in [0.4, 0.5) is 0 Å². The molecule has 0 spiro atoms. The van der Waals surface area contributed by atoms with Gasteiger partial charge in [0.25, 0.3) is 10.1 Å². The van der Waals surface area contributed by atoms with E-state index in [4.69, 9.17) is 4.42 Å². The van der Waals surface area contributed by atoms with Crippen LogP contribution in [0.5, 0.6) is 0 Å². The van der Waals surface area contributed by atoms with E-state index < -0.39 is 10.1 Å². The predicted octanol–water partition coefficient (Wildman–Crippen LogP) is 5.16. The highest BCUT2D eigenvalue weighted by Crippen LogP contribution is 2.33. The summed E-state index contributed by atoms with van der Waals surface area (Å²) in [6, 6.07) is 14.5. The second-order valence-corrected chi connectivity index (χ2v) is 9.07. The summed E-state index contributed by atoms with van der Waals surface area (Å²) >= 11 is 0. The molecule has 8 bridgehead atoms. The van der Waals surface area contributed by atoms with Gasteiger partial charge in [-0.05, 0) is 72.8 Å². The molecule has 4 aromatic heterocycles. The van der Waals surface area contributed by atoms with E-state index in [1.54, 1.807) is 12.1 Å². The molecular weight excluding hydrogens is 440 g/mol. The molecule has 162 valence electrons. The van der Waals surface area contributed by atoms with Crippen molar-refractivity contribution >= 4 is 56.5 Å². The van der Waals surface area contributed by atoms with Crippen molar-refractivity contribution in [2.24, 2.45) is 0 Å². The minimum absolute atomic E-state index is 0.0407. The van der Waals surface area contributed by atoms with Crippen LogP contribution in [-0.2, 0) is 10.1 Å². The zero-order valence-corrected chi connectivity index (χ0v) is 17.8. The summed E-state index contributed by atoms with van der Waals surface area (Å²) in [5.74, 6) is 0.0407. The van der Waals surface area contributed by atoms with Crippen LogP contribution in [0.3, 0.4) is 0 Å². The van der Waals surface area contributed by atoms with Crippen molar-refractivity contribution in [2.75, 3.05) is 0 Å². The van der Waals surface area contributed by atoms with Gasteiger partial charge in [-0.25, -0.2) is 9.97 Å². The topological polar surface area (TPSA) is 125 Å². The van der Waals surface area contributed by atoms with Crippen molar-refractivity contribution in [2.45, 2.75) is 4.90 Å². The number of nitrogens with one attached hydrogen (secondary N) is 2. The quantitative estimate of drug-likeness (QED) is 0.309. The van der Waals surface area contributed by atoms with Gasteiger partial charge in [0, 0.05) is 22.1 Å². The normalized spacial score (nSPS) is 13.0. The summed E-state index contributed by atoms with van der Waals surface area (Å²) in [5, 5.41) is 0. The summed E-state index contributed by atoms with van der Waals surface area (Å²) in [5.41, 5.74) is 6.56. The number of aromatic nitrogens is 4. The first-order valence-electron chi connectivity index (χ1n) is 10.0. The molecule has 0 radical (unpaired) electrons. The number of hydrogen-bond donors (Lipinski definition) is 3. The maximum absolute atomic E-state index is 11.9. The van der Waals surface area contributed by atoms with Crippen LogP contribution in [0.2, 0.25) is 0 Å². The van der Waals surface area contributed by atoms with Crippen LogP contribution in [0.1, 0.15) is 22.8 Å². The summed E-state index contributed by atoms with van der Waals surface area (Å²) in [6.07, 6.45) is 8.80. The Morgan fingerprint density at radius 1 is 0.727 bits per heavy atom. The molecule has 0 atom stereocenters. The average molecular weight is 456 g/mol. The Bertz CT molecular complexity index is 1750. The molecule has 6 rings (SSSR count). The second kappa shape index (κ2) is 7.16. The zero-order valence-electron chi connectivity index (χ0n) is 17.0. The standard InChI is InChI=1S/C24H16N4O4S/c29-33(30,31)23-7-8-32-24(23)21-12-20-11-18-4-3-16(26-18)9-14-1-2-15(25-14)10-17-5-6-19(27-17)13-22(21)28-20/h1-13,25,28H,(H,29,30,31). The highest BCUT2D eigenvalue weighted by Gasteiger charge is 2.22. The minimum atomic E-state index is -4.47. The van der Waals surface area contributed by atoms with Crippen molar-refractivity contribution in [3.63, 3.8) is 0 Å². The number of fused-ring (bicyclic) bond motifs is 8. The molecule has 4 aromatic rings. The van der Waals surface area contributed by atoms with Crippen molar-refractivity contribution in [3.8, 4) is 11.3 Å². The molecule has 0 aliphatic carbocycles. The summed E-state index contributed by atoms with van der Waals surface area (Å²) in [7, 11) is -4.47. The largest absolute Gasteiger partial charge is 0.463 e. The van der Waals surface area contributed by atoms with Gasteiger partial charge in [-0.1, -0.05) is 0 Å². The lowest BCUT2D eigenvalue weighted by Crippen LogP contribution is -1.97. The summed E-state index contributed by atoms with van der Waals surface area (Å²) in [4.78, 5) is 15.6. The lowest BCUT2D eigenvalue weighted by Gasteiger charge is -1.98. The molecule has 0 fully saturated rings. The van der Waals surface area contributed by atoms with E-state index in [0.29, 0.717) is 22.3 Å². The van der Waals surface area contributed by atoms with Crippen LogP contribution < -0.4 is 0 Å². The van der Waals surface area contributed by atoms with Crippen LogP contribution >= 0.6 is 0 Å². The molecular formula is C24H16N4O4S. The third-order valence-electron chi connectivity index (χ3n) is 5.32. The Balaban J connectivity index is 1.69. The first-order chi connectivity index (χ1) is 15.9. The van der Waals surface area contributed by atoms with Gasteiger partial charge in [0.1, 0.15) is 4.90 Å². The lowest BCUT2D eigenvalue weighted by molar-refractivity contribution is 0.481. The Kier molecular flexibility index (Phi) is 4.22. The van der Waals surface area contributed by atoms with Crippen molar-refractivity contribution < 1.29 is 17.4 Å². The fourth-order valence-electron chi connectivity index (χ4n) is 3.90. The van der Waals surface area contributed by atoms with E-state index in [-0.39, 0.29) is 10.7 Å².